The molecule has 0 spiro atoms. The summed E-state index contributed by atoms with van der Waals surface area (Å²) in [6, 6.07) is 18.0. The molecule has 2 aromatic carbocycles. The second-order valence-electron chi connectivity index (χ2n) is 5.97. The number of amides is 1. The Kier molecular flexibility index (Phi) is 5.56. The van der Waals surface area contributed by atoms with Crippen molar-refractivity contribution in [2.24, 2.45) is 0 Å². The molecule has 0 saturated carbocycles. The molecular weight excluding hydrogens is 330 g/mol. The van der Waals surface area contributed by atoms with Crippen LogP contribution in [0.5, 0.6) is 0 Å². The van der Waals surface area contributed by atoms with Crippen LogP contribution in [0, 0.1) is 6.92 Å². The van der Waals surface area contributed by atoms with Crippen molar-refractivity contribution in [3.8, 4) is 10.6 Å². The number of carbonyl (C=O) groups is 1. The van der Waals surface area contributed by atoms with Crippen LogP contribution in [0.1, 0.15) is 24.5 Å². The normalized spacial score (nSPS) is 10.6. The van der Waals surface area contributed by atoms with E-state index in [0.717, 1.165) is 22.6 Å². The number of rotatable bonds is 6. The minimum absolute atomic E-state index is 0.0555. The molecule has 0 bridgehead atoms. The van der Waals surface area contributed by atoms with Crippen molar-refractivity contribution < 1.29 is 4.79 Å². The number of hydrogen-bond donors (Lipinski definition) is 0. The molecule has 0 aliphatic rings. The summed E-state index contributed by atoms with van der Waals surface area (Å²) >= 11 is 1.46. The number of aromatic nitrogens is 2. The minimum Gasteiger partial charge on any atom is -0.286 e. The molecule has 3 aromatic rings. The Morgan fingerprint density at radius 3 is 2.60 bits per heavy atom. The number of carbonyl (C=O) groups excluding carboxylic acids is 1. The maximum absolute atomic E-state index is 12.8. The first-order valence-electron chi connectivity index (χ1n) is 8.42. The van der Waals surface area contributed by atoms with E-state index in [4.69, 9.17) is 0 Å². The van der Waals surface area contributed by atoms with E-state index in [0.29, 0.717) is 18.1 Å². The Bertz CT molecular complexity index is 845. The zero-order valence-corrected chi connectivity index (χ0v) is 15.3. The summed E-state index contributed by atoms with van der Waals surface area (Å²) in [6.07, 6.45) is 1.25. The van der Waals surface area contributed by atoms with Gasteiger partial charge in [0.15, 0.2) is 0 Å². The van der Waals surface area contributed by atoms with Crippen LogP contribution in [0.3, 0.4) is 0 Å². The molecule has 0 N–H and O–H groups in total. The van der Waals surface area contributed by atoms with Crippen LogP contribution >= 0.6 is 11.3 Å². The van der Waals surface area contributed by atoms with Gasteiger partial charge < -0.3 is 0 Å². The quantitative estimate of drug-likeness (QED) is 0.657. The zero-order valence-electron chi connectivity index (χ0n) is 14.5. The molecule has 5 heteroatoms. The monoisotopic (exact) mass is 351 g/mol. The van der Waals surface area contributed by atoms with Gasteiger partial charge in [0.1, 0.15) is 5.01 Å². The molecule has 0 saturated heterocycles. The predicted molar refractivity (Wildman–Crippen MR) is 103 cm³/mol. The Morgan fingerprint density at radius 2 is 1.88 bits per heavy atom. The summed E-state index contributed by atoms with van der Waals surface area (Å²) in [7, 11) is 0. The third-order valence-corrected chi connectivity index (χ3v) is 4.85. The highest BCUT2D eigenvalue weighted by atomic mass is 32.1. The van der Waals surface area contributed by atoms with Crippen LogP contribution in [-0.4, -0.2) is 22.6 Å². The van der Waals surface area contributed by atoms with Gasteiger partial charge in [-0.05, 0) is 25.0 Å². The fourth-order valence-electron chi connectivity index (χ4n) is 2.64. The summed E-state index contributed by atoms with van der Waals surface area (Å²) in [5.74, 6) is 0.0555. The molecule has 25 heavy (non-hydrogen) atoms. The average Bonchev–Trinajstić information content (AvgIpc) is 3.10. The number of nitrogens with zero attached hydrogens (tertiary/aromatic N) is 3. The van der Waals surface area contributed by atoms with Gasteiger partial charge in [-0.25, -0.2) is 0 Å². The lowest BCUT2D eigenvalue weighted by Crippen LogP contribution is -2.32. The molecule has 4 nitrogen and oxygen atoms in total. The van der Waals surface area contributed by atoms with Crippen LogP contribution in [0.4, 0.5) is 5.13 Å². The number of aryl methyl sites for hydroxylation is 1. The first-order valence-corrected chi connectivity index (χ1v) is 9.24. The summed E-state index contributed by atoms with van der Waals surface area (Å²) in [5.41, 5.74) is 3.23. The molecule has 128 valence electrons. The molecule has 1 heterocycles. The zero-order chi connectivity index (χ0) is 17.6. The lowest BCUT2D eigenvalue weighted by atomic mass is 10.1. The summed E-state index contributed by atoms with van der Waals surface area (Å²) < 4.78 is 0. The van der Waals surface area contributed by atoms with Crippen molar-refractivity contribution in [2.45, 2.75) is 26.7 Å². The van der Waals surface area contributed by atoms with E-state index < -0.39 is 0 Å². The minimum atomic E-state index is 0.0555. The van der Waals surface area contributed by atoms with Gasteiger partial charge in [-0.15, -0.1) is 10.2 Å². The third kappa shape index (κ3) is 4.31. The second kappa shape index (κ2) is 8.03. The standard InChI is InChI=1S/C20H21N3OS/c1-3-12-23(18(24)14-16-9-5-4-6-10-16)20-22-21-19(25-20)17-11-7-8-15(2)13-17/h4-11,13H,3,12,14H2,1-2H3. The summed E-state index contributed by atoms with van der Waals surface area (Å²) in [5, 5.41) is 10.1. The molecule has 1 aromatic heterocycles. The van der Waals surface area contributed by atoms with E-state index in [9.17, 15) is 4.79 Å². The lowest BCUT2D eigenvalue weighted by molar-refractivity contribution is -0.118. The smallest absolute Gasteiger partial charge is 0.233 e. The van der Waals surface area contributed by atoms with Crippen molar-refractivity contribution in [3.63, 3.8) is 0 Å². The van der Waals surface area contributed by atoms with E-state index in [1.807, 2.05) is 42.5 Å². The molecule has 1 amide bonds. The highest BCUT2D eigenvalue weighted by Crippen LogP contribution is 2.29. The van der Waals surface area contributed by atoms with E-state index in [1.54, 1.807) is 4.90 Å². The summed E-state index contributed by atoms with van der Waals surface area (Å²) in [6.45, 7) is 4.76. The second-order valence-corrected chi connectivity index (χ2v) is 6.92. The Labute approximate surface area is 152 Å². The van der Waals surface area contributed by atoms with Crippen LogP contribution in [0.2, 0.25) is 0 Å². The van der Waals surface area contributed by atoms with Crippen molar-refractivity contribution in [1.29, 1.82) is 0 Å². The van der Waals surface area contributed by atoms with E-state index in [1.165, 1.54) is 16.9 Å². The molecule has 0 aliphatic heterocycles. The van der Waals surface area contributed by atoms with Crippen LogP contribution in [-0.2, 0) is 11.2 Å². The van der Waals surface area contributed by atoms with Gasteiger partial charge in [0.2, 0.25) is 11.0 Å². The van der Waals surface area contributed by atoms with Crippen molar-refractivity contribution >= 4 is 22.4 Å². The van der Waals surface area contributed by atoms with E-state index >= 15 is 0 Å². The Morgan fingerprint density at radius 1 is 1.08 bits per heavy atom. The highest BCUT2D eigenvalue weighted by molar-refractivity contribution is 7.18. The van der Waals surface area contributed by atoms with Gasteiger partial charge in [-0.2, -0.15) is 0 Å². The van der Waals surface area contributed by atoms with Gasteiger partial charge in [0.05, 0.1) is 6.42 Å². The average molecular weight is 351 g/mol. The van der Waals surface area contributed by atoms with Crippen LogP contribution < -0.4 is 4.90 Å². The molecule has 0 atom stereocenters. The maximum Gasteiger partial charge on any atom is 0.233 e. The first-order chi connectivity index (χ1) is 12.2. The van der Waals surface area contributed by atoms with E-state index in [2.05, 4.69) is 36.2 Å². The maximum atomic E-state index is 12.8. The number of hydrogen-bond acceptors (Lipinski definition) is 4. The highest BCUT2D eigenvalue weighted by Gasteiger charge is 2.20. The van der Waals surface area contributed by atoms with Crippen molar-refractivity contribution in [2.75, 3.05) is 11.4 Å². The molecule has 0 radical (unpaired) electrons. The third-order valence-electron chi connectivity index (χ3n) is 3.86. The lowest BCUT2D eigenvalue weighted by Gasteiger charge is -2.18. The molecule has 3 rings (SSSR count). The predicted octanol–water partition coefficient (Wildman–Crippen LogP) is 4.50. The molecule has 0 aliphatic carbocycles. The molecular formula is C20H21N3OS. The molecule has 0 unspecified atom stereocenters. The van der Waals surface area contributed by atoms with Crippen molar-refractivity contribution in [3.05, 3.63) is 65.7 Å². The molecule has 0 fully saturated rings. The SMILES string of the molecule is CCCN(C(=O)Cc1ccccc1)c1nnc(-c2cccc(C)c2)s1. The van der Waals surface area contributed by atoms with Crippen LogP contribution in [0.25, 0.3) is 10.6 Å². The first kappa shape index (κ1) is 17.3. The van der Waals surface area contributed by atoms with Gasteiger partial charge in [0.25, 0.3) is 0 Å². The van der Waals surface area contributed by atoms with Crippen molar-refractivity contribution in [1.82, 2.24) is 10.2 Å². The van der Waals surface area contributed by atoms with Gasteiger partial charge in [-0.3, -0.25) is 9.69 Å². The number of benzene rings is 2. The largest absolute Gasteiger partial charge is 0.286 e. The van der Waals surface area contributed by atoms with Gasteiger partial charge in [-0.1, -0.05) is 72.4 Å². The van der Waals surface area contributed by atoms with Crippen LogP contribution in [0.15, 0.2) is 54.6 Å². The topological polar surface area (TPSA) is 46.1 Å². The van der Waals surface area contributed by atoms with Gasteiger partial charge >= 0.3 is 0 Å². The summed E-state index contributed by atoms with van der Waals surface area (Å²) in [4.78, 5) is 14.5. The Balaban J connectivity index is 1.82. The Hall–Kier alpha value is -2.53. The van der Waals surface area contributed by atoms with Gasteiger partial charge in [0, 0.05) is 12.1 Å². The fourth-order valence-corrected chi connectivity index (χ4v) is 3.52. The number of anilines is 1. The fraction of sp³-hybridized carbons (Fsp3) is 0.250. The van der Waals surface area contributed by atoms with E-state index in [-0.39, 0.29) is 5.91 Å².